The first kappa shape index (κ1) is 17.9. The number of halogens is 1. The topological polar surface area (TPSA) is 59.0 Å². The molecule has 0 atom stereocenters. The normalized spacial score (nSPS) is 15.3. The number of benzene rings is 1. The zero-order valence-electron chi connectivity index (χ0n) is 15.9. The maximum absolute atomic E-state index is 6.24. The van der Waals surface area contributed by atoms with Crippen LogP contribution < -0.4 is 9.64 Å². The number of piperidine rings is 1. The van der Waals surface area contributed by atoms with Crippen LogP contribution in [0.1, 0.15) is 35.8 Å². The van der Waals surface area contributed by atoms with Gasteiger partial charge in [-0.05, 0) is 44.9 Å². The fraction of sp³-hybridized carbons (Fsp3) is 0.400. The Morgan fingerprint density at radius 1 is 1.19 bits per heavy atom. The zero-order chi connectivity index (χ0) is 19.0. The molecule has 0 spiro atoms. The second-order valence-electron chi connectivity index (χ2n) is 7.05. The molecule has 1 fully saturated rings. The molecule has 27 heavy (non-hydrogen) atoms. The molecule has 4 rings (SSSR count). The quantitative estimate of drug-likeness (QED) is 0.729. The molecule has 3 aromatic rings. The van der Waals surface area contributed by atoms with E-state index in [-0.39, 0.29) is 0 Å². The number of hydrogen-bond donors (Lipinski definition) is 1. The number of anilines is 1. The second-order valence-corrected chi connectivity index (χ2v) is 7.48. The molecule has 0 amide bonds. The van der Waals surface area contributed by atoms with E-state index in [0.717, 1.165) is 48.9 Å². The molecule has 3 heterocycles. The van der Waals surface area contributed by atoms with Gasteiger partial charge in [-0.1, -0.05) is 11.6 Å². The molecule has 1 saturated heterocycles. The summed E-state index contributed by atoms with van der Waals surface area (Å²) in [5, 5.41) is 5.37. The van der Waals surface area contributed by atoms with Gasteiger partial charge in [-0.25, -0.2) is 9.67 Å². The Labute approximate surface area is 164 Å². The lowest BCUT2D eigenvalue weighted by Gasteiger charge is -2.33. The molecular formula is C20H24ClN5O. The molecule has 142 valence electrons. The average molecular weight is 386 g/mol. The van der Waals surface area contributed by atoms with Crippen LogP contribution in [0.2, 0.25) is 5.02 Å². The van der Waals surface area contributed by atoms with Crippen LogP contribution in [0, 0.1) is 13.8 Å². The number of nitrogens with zero attached hydrogens (tertiary/aromatic N) is 4. The Kier molecular flexibility index (Phi) is 4.83. The number of rotatable bonds is 4. The Hall–Kier alpha value is -2.47. The molecule has 0 aliphatic carbocycles. The molecule has 0 radical (unpaired) electrons. The van der Waals surface area contributed by atoms with Gasteiger partial charge in [0.25, 0.3) is 0 Å². The van der Waals surface area contributed by atoms with Crippen LogP contribution in [0.25, 0.3) is 5.69 Å². The Morgan fingerprint density at radius 3 is 2.63 bits per heavy atom. The maximum Gasteiger partial charge on any atom is 0.144 e. The highest BCUT2D eigenvalue weighted by Gasteiger charge is 2.26. The number of hydrogen-bond acceptors (Lipinski definition) is 4. The van der Waals surface area contributed by atoms with E-state index in [9.17, 15) is 0 Å². The van der Waals surface area contributed by atoms with E-state index in [2.05, 4.69) is 27.9 Å². The van der Waals surface area contributed by atoms with Gasteiger partial charge >= 0.3 is 0 Å². The van der Waals surface area contributed by atoms with E-state index >= 15 is 0 Å². The molecule has 1 aliphatic heterocycles. The number of imidazole rings is 1. The standard InChI is InChI=1S/C20H24ClN5O/c1-13-10-19(26(24-13)17-11-16(21)4-5-18(17)27-3)25-8-6-15(7-9-25)20-14(2)22-12-23-20/h4-5,10-12,15H,6-9H2,1-3H3,(H,22,23). The van der Waals surface area contributed by atoms with Crippen molar-refractivity contribution in [1.82, 2.24) is 19.7 Å². The van der Waals surface area contributed by atoms with Crippen LogP contribution in [0.3, 0.4) is 0 Å². The van der Waals surface area contributed by atoms with E-state index in [1.54, 1.807) is 13.4 Å². The highest BCUT2D eigenvalue weighted by molar-refractivity contribution is 6.30. The number of methoxy groups -OCH3 is 1. The van der Waals surface area contributed by atoms with Gasteiger partial charge < -0.3 is 14.6 Å². The monoisotopic (exact) mass is 385 g/mol. The first-order valence-corrected chi connectivity index (χ1v) is 9.60. The van der Waals surface area contributed by atoms with Gasteiger partial charge in [-0.3, -0.25) is 0 Å². The summed E-state index contributed by atoms with van der Waals surface area (Å²) < 4.78 is 7.48. The summed E-state index contributed by atoms with van der Waals surface area (Å²) in [6.07, 6.45) is 3.94. The summed E-state index contributed by atoms with van der Waals surface area (Å²) in [5.74, 6) is 2.33. The van der Waals surface area contributed by atoms with E-state index in [1.165, 1.54) is 11.4 Å². The SMILES string of the molecule is COc1ccc(Cl)cc1-n1nc(C)cc1N1CCC(c2nc[nH]c2C)CC1. The Bertz CT molecular complexity index is 940. The van der Waals surface area contributed by atoms with Crippen LogP contribution in [-0.4, -0.2) is 39.9 Å². The van der Waals surface area contributed by atoms with Gasteiger partial charge in [0.15, 0.2) is 0 Å². The van der Waals surface area contributed by atoms with Gasteiger partial charge in [0.2, 0.25) is 0 Å². The van der Waals surface area contributed by atoms with Crippen molar-refractivity contribution in [3.8, 4) is 11.4 Å². The fourth-order valence-corrected chi connectivity index (χ4v) is 4.05. The molecule has 1 aromatic carbocycles. The highest BCUT2D eigenvalue weighted by atomic mass is 35.5. The second kappa shape index (κ2) is 7.27. The number of H-pyrrole nitrogens is 1. The van der Waals surface area contributed by atoms with Crippen molar-refractivity contribution < 1.29 is 4.74 Å². The number of ether oxygens (including phenoxy) is 1. The highest BCUT2D eigenvalue weighted by Crippen LogP contribution is 2.34. The van der Waals surface area contributed by atoms with Crippen molar-refractivity contribution in [2.75, 3.05) is 25.1 Å². The zero-order valence-corrected chi connectivity index (χ0v) is 16.6. The molecule has 0 unspecified atom stereocenters. The third kappa shape index (κ3) is 3.41. The molecule has 1 N–H and O–H groups in total. The first-order chi connectivity index (χ1) is 13.1. The summed E-state index contributed by atoms with van der Waals surface area (Å²) in [6.45, 7) is 6.03. The van der Waals surface area contributed by atoms with Gasteiger partial charge in [-0.2, -0.15) is 5.10 Å². The predicted octanol–water partition coefficient (Wildman–Crippen LogP) is 4.26. The van der Waals surface area contributed by atoms with Crippen molar-refractivity contribution >= 4 is 17.4 Å². The van der Waals surface area contributed by atoms with E-state index in [1.807, 2.05) is 29.8 Å². The lowest BCUT2D eigenvalue weighted by molar-refractivity contribution is 0.411. The van der Waals surface area contributed by atoms with Crippen molar-refractivity contribution in [3.05, 3.63) is 52.7 Å². The van der Waals surface area contributed by atoms with Crippen LogP contribution in [0.15, 0.2) is 30.6 Å². The Balaban J connectivity index is 1.61. The molecular weight excluding hydrogens is 362 g/mol. The summed E-state index contributed by atoms with van der Waals surface area (Å²) in [5.41, 5.74) is 4.21. The lowest BCUT2D eigenvalue weighted by atomic mass is 9.92. The number of nitrogens with one attached hydrogen (secondary N) is 1. The number of aromatic nitrogens is 4. The van der Waals surface area contributed by atoms with Crippen LogP contribution in [-0.2, 0) is 0 Å². The summed E-state index contributed by atoms with van der Waals surface area (Å²) in [6, 6.07) is 7.74. The minimum atomic E-state index is 0.505. The summed E-state index contributed by atoms with van der Waals surface area (Å²) >= 11 is 6.24. The van der Waals surface area contributed by atoms with Crippen molar-refractivity contribution in [3.63, 3.8) is 0 Å². The van der Waals surface area contributed by atoms with Gasteiger partial charge in [0.1, 0.15) is 17.3 Å². The first-order valence-electron chi connectivity index (χ1n) is 9.22. The van der Waals surface area contributed by atoms with Crippen molar-refractivity contribution in [2.45, 2.75) is 32.6 Å². The van der Waals surface area contributed by atoms with E-state index < -0.39 is 0 Å². The molecule has 2 aromatic heterocycles. The van der Waals surface area contributed by atoms with Gasteiger partial charge in [0, 0.05) is 35.8 Å². The van der Waals surface area contributed by atoms with E-state index in [4.69, 9.17) is 21.4 Å². The van der Waals surface area contributed by atoms with Crippen molar-refractivity contribution in [2.24, 2.45) is 0 Å². The fourth-order valence-electron chi connectivity index (χ4n) is 3.88. The molecule has 6 nitrogen and oxygen atoms in total. The van der Waals surface area contributed by atoms with Crippen molar-refractivity contribution in [1.29, 1.82) is 0 Å². The Morgan fingerprint density at radius 2 is 1.96 bits per heavy atom. The summed E-state index contributed by atoms with van der Waals surface area (Å²) in [7, 11) is 1.67. The van der Waals surface area contributed by atoms with Crippen LogP contribution in [0.5, 0.6) is 5.75 Å². The smallest absolute Gasteiger partial charge is 0.144 e. The molecule has 0 saturated carbocycles. The number of aromatic amines is 1. The third-order valence-electron chi connectivity index (χ3n) is 5.26. The van der Waals surface area contributed by atoms with Gasteiger partial charge in [-0.15, -0.1) is 0 Å². The lowest BCUT2D eigenvalue weighted by Crippen LogP contribution is -2.34. The van der Waals surface area contributed by atoms with E-state index in [0.29, 0.717) is 10.9 Å². The predicted molar refractivity (Wildman–Crippen MR) is 107 cm³/mol. The number of aryl methyl sites for hydroxylation is 2. The molecule has 0 bridgehead atoms. The van der Waals surface area contributed by atoms with Crippen LogP contribution >= 0.6 is 11.6 Å². The largest absolute Gasteiger partial charge is 0.494 e. The average Bonchev–Trinajstić information content (AvgIpc) is 3.27. The van der Waals surface area contributed by atoms with Crippen LogP contribution in [0.4, 0.5) is 5.82 Å². The molecule has 1 aliphatic rings. The molecule has 7 heteroatoms. The minimum absolute atomic E-state index is 0.505. The van der Waals surface area contributed by atoms with Gasteiger partial charge in [0.05, 0.1) is 24.8 Å². The maximum atomic E-state index is 6.24. The third-order valence-corrected chi connectivity index (χ3v) is 5.49. The summed E-state index contributed by atoms with van der Waals surface area (Å²) in [4.78, 5) is 10.1. The minimum Gasteiger partial charge on any atom is -0.494 e.